The average molecular weight is 300 g/mol. The Kier molecular flexibility index (Phi) is 3.58. The van der Waals surface area contributed by atoms with Crippen molar-refractivity contribution in [3.63, 3.8) is 0 Å². The Labute approximate surface area is 114 Å². The first kappa shape index (κ1) is 13.6. The number of aromatic nitrogens is 1. The Balaban J connectivity index is 2.38. The van der Waals surface area contributed by atoms with Gasteiger partial charge >= 0.3 is 6.03 Å². The molecule has 0 aliphatic heterocycles. The number of fused-ring (bicyclic) bond motifs is 1. The molecule has 0 unspecified atom stereocenters. The molecule has 2 aromatic rings. The topological polar surface area (TPSA) is 100 Å². The molecule has 0 saturated heterocycles. The third-order valence-electron chi connectivity index (χ3n) is 2.39. The highest BCUT2D eigenvalue weighted by atomic mass is 32.2. The summed E-state index contributed by atoms with van der Waals surface area (Å²) in [7, 11) is -1.79. The van der Waals surface area contributed by atoms with E-state index in [0.717, 1.165) is 17.8 Å². The lowest BCUT2D eigenvalue weighted by Crippen LogP contribution is -2.36. The molecule has 0 radical (unpaired) electrons. The summed E-state index contributed by atoms with van der Waals surface area (Å²) in [5, 5.41) is 3.60. The molecular formula is C10H12N4O3S2. The summed E-state index contributed by atoms with van der Waals surface area (Å²) in [5.74, 6) is 0. The van der Waals surface area contributed by atoms with Crippen molar-refractivity contribution < 1.29 is 13.2 Å². The van der Waals surface area contributed by atoms with E-state index >= 15 is 0 Å². The molecule has 102 valence electrons. The second kappa shape index (κ2) is 5.02. The van der Waals surface area contributed by atoms with Crippen molar-refractivity contribution in [2.24, 2.45) is 0 Å². The van der Waals surface area contributed by atoms with Crippen molar-refractivity contribution in [2.45, 2.75) is 4.90 Å². The third kappa shape index (κ3) is 2.93. The van der Waals surface area contributed by atoms with Gasteiger partial charge in [-0.05, 0) is 29.7 Å². The predicted molar refractivity (Wildman–Crippen MR) is 73.9 cm³/mol. The second-order valence-corrected chi connectivity index (χ2v) is 6.58. The van der Waals surface area contributed by atoms with Gasteiger partial charge in [0, 0.05) is 18.7 Å². The molecule has 19 heavy (non-hydrogen) atoms. The van der Waals surface area contributed by atoms with Gasteiger partial charge in [0.1, 0.15) is 5.00 Å². The first-order valence-corrected chi connectivity index (χ1v) is 7.91. The minimum atomic E-state index is -3.28. The first-order valence-electron chi connectivity index (χ1n) is 5.25. The van der Waals surface area contributed by atoms with Crippen LogP contribution in [-0.4, -0.2) is 32.1 Å². The Morgan fingerprint density at radius 3 is 2.74 bits per heavy atom. The van der Waals surface area contributed by atoms with Crippen molar-refractivity contribution in [3.8, 4) is 0 Å². The normalized spacial score (nSPS) is 11.3. The van der Waals surface area contributed by atoms with Crippen LogP contribution in [0.5, 0.6) is 0 Å². The van der Waals surface area contributed by atoms with E-state index in [2.05, 4.69) is 20.5 Å². The van der Waals surface area contributed by atoms with Crippen LogP contribution in [0, 0.1) is 0 Å². The molecule has 0 spiro atoms. The number of benzene rings is 1. The minimum Gasteiger partial charge on any atom is -0.340 e. The van der Waals surface area contributed by atoms with Crippen LogP contribution in [0.15, 0.2) is 23.1 Å². The van der Waals surface area contributed by atoms with Crippen LogP contribution in [0.4, 0.5) is 9.80 Å². The van der Waals surface area contributed by atoms with Gasteiger partial charge in [-0.25, -0.2) is 13.2 Å². The smallest absolute Gasteiger partial charge is 0.333 e. The maximum atomic E-state index is 11.5. The van der Waals surface area contributed by atoms with Gasteiger partial charge in [-0.2, -0.15) is 4.37 Å². The lowest BCUT2D eigenvalue weighted by atomic mass is 10.2. The lowest BCUT2D eigenvalue weighted by molar-refractivity contribution is 0.245. The molecule has 0 atom stereocenters. The number of amides is 2. The monoisotopic (exact) mass is 300 g/mol. The highest BCUT2D eigenvalue weighted by Crippen LogP contribution is 2.29. The second-order valence-electron chi connectivity index (χ2n) is 3.79. The first-order chi connectivity index (χ1) is 8.91. The summed E-state index contributed by atoms with van der Waals surface area (Å²) in [6, 6.07) is 4.27. The fraction of sp³-hybridized carbons (Fsp3) is 0.200. The molecule has 9 heteroatoms. The van der Waals surface area contributed by atoms with Crippen LogP contribution in [0.3, 0.4) is 0 Å². The summed E-state index contributed by atoms with van der Waals surface area (Å²) < 4.78 is 27.2. The quantitative estimate of drug-likeness (QED) is 0.733. The maximum absolute atomic E-state index is 11.5. The molecule has 7 nitrogen and oxygen atoms in total. The van der Waals surface area contributed by atoms with Crippen molar-refractivity contribution in [1.29, 1.82) is 0 Å². The molecule has 3 N–H and O–H groups in total. The largest absolute Gasteiger partial charge is 0.340 e. The molecule has 0 aliphatic carbocycles. The molecule has 0 bridgehead atoms. The van der Waals surface area contributed by atoms with Crippen molar-refractivity contribution in [1.82, 2.24) is 15.1 Å². The van der Waals surface area contributed by atoms with Gasteiger partial charge < -0.3 is 5.32 Å². The zero-order valence-corrected chi connectivity index (χ0v) is 11.9. The molecule has 2 rings (SSSR count). The van der Waals surface area contributed by atoms with Gasteiger partial charge in [-0.3, -0.25) is 10.9 Å². The number of carbonyl (C=O) groups excluding carboxylic acids is 1. The van der Waals surface area contributed by atoms with Gasteiger partial charge in [-0.1, -0.05) is 0 Å². The predicted octanol–water partition coefficient (Wildman–Crippen LogP) is 0.956. The molecule has 1 heterocycles. The van der Waals surface area contributed by atoms with Crippen molar-refractivity contribution >= 4 is 43.3 Å². The van der Waals surface area contributed by atoms with E-state index in [1.54, 1.807) is 6.07 Å². The number of hydrogen-bond donors (Lipinski definition) is 3. The Morgan fingerprint density at radius 1 is 1.37 bits per heavy atom. The van der Waals surface area contributed by atoms with Gasteiger partial charge in [0.2, 0.25) is 0 Å². The van der Waals surface area contributed by atoms with Crippen LogP contribution >= 0.6 is 11.5 Å². The fourth-order valence-electron chi connectivity index (χ4n) is 1.42. The number of rotatable bonds is 3. The Bertz CT molecular complexity index is 723. The lowest BCUT2D eigenvalue weighted by Gasteiger charge is -2.05. The number of hydrazine groups is 1. The van der Waals surface area contributed by atoms with Crippen molar-refractivity contribution in [2.75, 3.05) is 18.7 Å². The van der Waals surface area contributed by atoms with Gasteiger partial charge in [0.05, 0.1) is 10.4 Å². The molecule has 0 saturated carbocycles. The van der Waals surface area contributed by atoms with Crippen LogP contribution < -0.4 is 16.2 Å². The summed E-state index contributed by atoms with van der Waals surface area (Å²) in [6.07, 6.45) is 1.14. The zero-order valence-electron chi connectivity index (χ0n) is 10.2. The van der Waals surface area contributed by atoms with Crippen LogP contribution in [0.25, 0.3) is 10.9 Å². The molecule has 1 aromatic heterocycles. The van der Waals surface area contributed by atoms with Gasteiger partial charge in [0.15, 0.2) is 9.84 Å². The SMILES string of the molecule is CNC(=O)NNc1snc2ccc(S(C)(=O)=O)cc12. The van der Waals surface area contributed by atoms with E-state index in [1.807, 2.05) is 0 Å². The Hall–Kier alpha value is -1.87. The number of nitrogens with one attached hydrogen (secondary N) is 3. The number of nitrogens with zero attached hydrogens (tertiary/aromatic N) is 1. The van der Waals surface area contributed by atoms with E-state index in [1.165, 1.54) is 19.2 Å². The summed E-state index contributed by atoms with van der Waals surface area (Å²) >= 11 is 1.14. The molecule has 1 aromatic carbocycles. The summed E-state index contributed by atoms with van der Waals surface area (Å²) in [5.41, 5.74) is 5.77. The highest BCUT2D eigenvalue weighted by molar-refractivity contribution is 7.90. The zero-order chi connectivity index (χ0) is 14.0. The van der Waals surface area contributed by atoms with E-state index in [4.69, 9.17) is 0 Å². The van der Waals surface area contributed by atoms with Crippen LogP contribution in [0.1, 0.15) is 0 Å². The molecule has 0 aliphatic rings. The summed E-state index contributed by atoms with van der Waals surface area (Å²) in [4.78, 5) is 11.3. The average Bonchev–Trinajstić information content (AvgIpc) is 2.77. The van der Waals surface area contributed by atoms with Crippen molar-refractivity contribution in [3.05, 3.63) is 18.2 Å². The van der Waals surface area contributed by atoms with E-state index in [0.29, 0.717) is 15.9 Å². The number of carbonyl (C=O) groups is 1. The number of urea groups is 1. The Morgan fingerprint density at radius 2 is 2.11 bits per heavy atom. The van der Waals surface area contributed by atoms with Gasteiger partial charge in [0.25, 0.3) is 0 Å². The number of hydrogen-bond acceptors (Lipinski definition) is 6. The molecular weight excluding hydrogens is 288 g/mol. The van der Waals surface area contributed by atoms with E-state index in [-0.39, 0.29) is 4.90 Å². The third-order valence-corrected chi connectivity index (χ3v) is 4.30. The minimum absolute atomic E-state index is 0.211. The maximum Gasteiger partial charge on any atom is 0.333 e. The summed E-state index contributed by atoms with van der Waals surface area (Å²) in [6.45, 7) is 0. The number of sulfone groups is 1. The standard InChI is InChI=1S/C10H12N4O3S2/c1-11-10(15)13-12-9-7-5-6(19(2,16)17)3-4-8(7)14-18-9/h3-5,12H,1-2H3,(H2,11,13,15). The highest BCUT2D eigenvalue weighted by Gasteiger charge is 2.12. The van der Waals surface area contributed by atoms with Crippen LogP contribution in [0.2, 0.25) is 0 Å². The van der Waals surface area contributed by atoms with Gasteiger partial charge in [-0.15, -0.1) is 0 Å². The van der Waals surface area contributed by atoms with E-state index in [9.17, 15) is 13.2 Å². The van der Waals surface area contributed by atoms with Crippen LogP contribution in [-0.2, 0) is 9.84 Å². The molecule has 0 fully saturated rings. The fourth-order valence-corrected chi connectivity index (χ4v) is 2.77. The number of anilines is 1. The van der Waals surface area contributed by atoms with E-state index < -0.39 is 15.9 Å². The molecule has 2 amide bonds.